The van der Waals surface area contributed by atoms with E-state index in [1.165, 1.54) is 20.3 Å². The summed E-state index contributed by atoms with van der Waals surface area (Å²) in [5.74, 6) is -0.836. The molecule has 3 aromatic rings. The third-order valence-corrected chi connectivity index (χ3v) is 5.42. The molecule has 1 aliphatic heterocycles. The fourth-order valence-corrected chi connectivity index (χ4v) is 3.85. The van der Waals surface area contributed by atoms with Crippen molar-refractivity contribution in [3.05, 3.63) is 82.7 Å². The van der Waals surface area contributed by atoms with Gasteiger partial charge >= 0.3 is 11.9 Å². The number of ether oxygens (including phenoxy) is 2. The largest absolute Gasteiger partial charge is 0.465 e. The lowest BCUT2D eigenvalue weighted by Crippen LogP contribution is -2.27. The Hall–Kier alpha value is -4.13. The molecule has 0 spiro atoms. The third-order valence-electron chi connectivity index (χ3n) is 5.42. The van der Waals surface area contributed by atoms with E-state index < -0.39 is 11.9 Å². The number of aromatic nitrogens is 1. The van der Waals surface area contributed by atoms with Crippen LogP contribution in [0.5, 0.6) is 0 Å². The molecular formula is C26H24N2O5. The first-order valence-corrected chi connectivity index (χ1v) is 10.4. The average Bonchev–Trinajstić information content (AvgIpc) is 3.11. The second kappa shape index (κ2) is 8.78. The predicted octanol–water partition coefficient (Wildman–Crippen LogP) is 4.91. The van der Waals surface area contributed by atoms with Crippen LogP contribution in [0.3, 0.4) is 0 Å². The fraction of sp³-hybridized carbons (Fsp3) is 0.192. The van der Waals surface area contributed by atoms with Crippen molar-refractivity contribution in [1.82, 2.24) is 4.98 Å². The molecule has 4 rings (SSSR count). The minimum atomic E-state index is -0.663. The Balaban J connectivity index is 1.89. The number of hydrogen-bond acceptors (Lipinski definition) is 7. The number of hydrogen-bond donors (Lipinski definition) is 0. The molecule has 168 valence electrons. The van der Waals surface area contributed by atoms with Gasteiger partial charge in [0, 0.05) is 17.5 Å². The molecule has 2 heterocycles. The van der Waals surface area contributed by atoms with Crippen LogP contribution in [0.15, 0.2) is 70.4 Å². The molecule has 0 atom stereocenters. The smallest absolute Gasteiger partial charge is 0.355 e. The van der Waals surface area contributed by atoms with E-state index in [1.54, 1.807) is 23.3 Å². The van der Waals surface area contributed by atoms with E-state index in [0.29, 0.717) is 11.6 Å². The Morgan fingerprint density at radius 2 is 1.70 bits per heavy atom. The third kappa shape index (κ3) is 4.05. The summed E-state index contributed by atoms with van der Waals surface area (Å²) >= 11 is 0. The molecule has 1 aliphatic rings. The molecule has 0 radical (unpaired) electrons. The number of oxazole rings is 1. The summed E-state index contributed by atoms with van der Waals surface area (Å²) < 4.78 is 16.0. The van der Waals surface area contributed by atoms with Crippen LogP contribution in [0, 0.1) is 20.8 Å². The summed E-state index contributed by atoms with van der Waals surface area (Å²) in [4.78, 5) is 31.5. The number of nitrogens with zero attached hydrogens (tertiary/aromatic N) is 2. The van der Waals surface area contributed by atoms with E-state index in [4.69, 9.17) is 13.9 Å². The van der Waals surface area contributed by atoms with Gasteiger partial charge in [0.05, 0.1) is 19.8 Å². The predicted molar refractivity (Wildman–Crippen MR) is 125 cm³/mol. The van der Waals surface area contributed by atoms with Crippen molar-refractivity contribution >= 4 is 28.7 Å². The van der Waals surface area contributed by atoms with E-state index in [2.05, 4.69) is 11.1 Å². The Bertz CT molecular complexity index is 1360. The van der Waals surface area contributed by atoms with Crippen LogP contribution < -0.4 is 4.90 Å². The molecule has 0 N–H and O–H groups in total. The van der Waals surface area contributed by atoms with E-state index in [0.717, 1.165) is 33.4 Å². The van der Waals surface area contributed by atoms with Gasteiger partial charge in [-0.2, -0.15) is 0 Å². The van der Waals surface area contributed by atoms with Crippen molar-refractivity contribution in [3.8, 4) is 11.5 Å². The minimum Gasteiger partial charge on any atom is -0.465 e. The van der Waals surface area contributed by atoms with E-state index in [1.807, 2.05) is 45.0 Å². The maximum atomic E-state index is 12.8. The minimum absolute atomic E-state index is 0.0543. The van der Waals surface area contributed by atoms with Gasteiger partial charge in [0.1, 0.15) is 11.2 Å². The van der Waals surface area contributed by atoms with Gasteiger partial charge in [-0.25, -0.2) is 14.6 Å². The highest BCUT2D eigenvalue weighted by atomic mass is 16.5. The molecule has 0 unspecified atom stereocenters. The Kier molecular flexibility index (Phi) is 5.87. The summed E-state index contributed by atoms with van der Waals surface area (Å²) in [6.45, 7) is 5.92. The van der Waals surface area contributed by atoms with Gasteiger partial charge in [0.15, 0.2) is 5.58 Å². The average molecular weight is 444 g/mol. The molecule has 0 amide bonds. The number of anilines is 1. The van der Waals surface area contributed by atoms with Gasteiger partial charge in [-0.1, -0.05) is 18.2 Å². The molecule has 0 aliphatic carbocycles. The van der Waals surface area contributed by atoms with Gasteiger partial charge in [-0.3, -0.25) is 0 Å². The summed E-state index contributed by atoms with van der Waals surface area (Å²) in [6, 6.07) is 9.73. The Labute approximate surface area is 191 Å². The number of aryl methyl sites for hydroxylation is 3. The number of carbonyl (C=O) groups is 2. The van der Waals surface area contributed by atoms with E-state index >= 15 is 0 Å². The molecule has 33 heavy (non-hydrogen) atoms. The highest BCUT2D eigenvalue weighted by molar-refractivity contribution is 6.05. The number of carbonyl (C=O) groups excluding carboxylic acids is 2. The molecule has 0 bridgehead atoms. The van der Waals surface area contributed by atoms with Gasteiger partial charge in [0.2, 0.25) is 5.89 Å². The van der Waals surface area contributed by atoms with Gasteiger partial charge in [-0.15, -0.1) is 0 Å². The van der Waals surface area contributed by atoms with Crippen molar-refractivity contribution in [1.29, 1.82) is 0 Å². The van der Waals surface area contributed by atoms with Crippen molar-refractivity contribution in [2.45, 2.75) is 20.8 Å². The van der Waals surface area contributed by atoms with Crippen molar-refractivity contribution in [2.24, 2.45) is 0 Å². The molecular weight excluding hydrogens is 420 g/mol. The number of fused-ring (bicyclic) bond motifs is 1. The van der Waals surface area contributed by atoms with Crippen LogP contribution >= 0.6 is 0 Å². The molecule has 0 fully saturated rings. The van der Waals surface area contributed by atoms with E-state index in [-0.39, 0.29) is 11.3 Å². The lowest BCUT2D eigenvalue weighted by molar-refractivity contribution is -0.139. The second-order valence-corrected chi connectivity index (χ2v) is 7.77. The molecule has 1 aromatic heterocycles. The summed E-state index contributed by atoms with van der Waals surface area (Å²) in [6.07, 6.45) is 6.63. The lowest BCUT2D eigenvalue weighted by Gasteiger charge is -2.25. The van der Waals surface area contributed by atoms with Crippen LogP contribution in [-0.2, 0) is 19.1 Å². The Morgan fingerprint density at radius 3 is 2.42 bits per heavy atom. The maximum Gasteiger partial charge on any atom is 0.355 e. The lowest BCUT2D eigenvalue weighted by atomic mass is 10.1. The first-order valence-electron chi connectivity index (χ1n) is 10.4. The monoisotopic (exact) mass is 444 g/mol. The van der Waals surface area contributed by atoms with Gasteiger partial charge < -0.3 is 18.8 Å². The van der Waals surface area contributed by atoms with Crippen LogP contribution in [0.1, 0.15) is 16.7 Å². The first-order chi connectivity index (χ1) is 15.8. The molecule has 7 heteroatoms. The van der Waals surface area contributed by atoms with Gasteiger partial charge in [-0.05, 0) is 67.8 Å². The normalized spacial score (nSPS) is 13.4. The van der Waals surface area contributed by atoms with Crippen molar-refractivity contribution in [2.75, 3.05) is 19.1 Å². The number of benzene rings is 2. The Morgan fingerprint density at radius 1 is 0.939 bits per heavy atom. The van der Waals surface area contributed by atoms with Crippen molar-refractivity contribution in [3.63, 3.8) is 0 Å². The van der Waals surface area contributed by atoms with Crippen LogP contribution in [-0.4, -0.2) is 31.1 Å². The highest BCUT2D eigenvalue weighted by Crippen LogP contribution is 2.34. The van der Waals surface area contributed by atoms with E-state index in [9.17, 15) is 9.59 Å². The molecule has 0 saturated heterocycles. The van der Waals surface area contributed by atoms with Crippen LogP contribution in [0.4, 0.5) is 5.69 Å². The number of methoxy groups -OCH3 is 2. The number of allylic oxidation sites excluding steroid dienone is 2. The van der Waals surface area contributed by atoms with Crippen molar-refractivity contribution < 1.29 is 23.5 Å². The highest BCUT2D eigenvalue weighted by Gasteiger charge is 2.28. The second-order valence-electron chi connectivity index (χ2n) is 7.77. The number of rotatable bonds is 4. The first kappa shape index (κ1) is 22.1. The molecule has 0 saturated carbocycles. The van der Waals surface area contributed by atoms with Gasteiger partial charge in [0.25, 0.3) is 0 Å². The zero-order chi connectivity index (χ0) is 23.7. The summed E-state index contributed by atoms with van der Waals surface area (Å²) in [5, 5.41) is 0. The summed E-state index contributed by atoms with van der Waals surface area (Å²) in [5.41, 5.74) is 6.06. The SMILES string of the molecule is COC(=O)C1=C(C(=O)OC)N(c2cc(-c3nc4cc(C)cc(C)c4o3)ccc2C)C=CC=C1. The van der Waals surface area contributed by atoms with Crippen LogP contribution in [0.25, 0.3) is 22.6 Å². The van der Waals surface area contributed by atoms with Crippen LogP contribution in [0.2, 0.25) is 0 Å². The standard InChI is InChI=1S/C26H24N2O5/c1-15-12-17(3)23-20(13-15)27-24(33-23)18-10-9-16(2)21(14-18)28-11-7-6-8-19(25(29)31-4)22(28)26(30)32-5/h6-14H,1-5H3. The topological polar surface area (TPSA) is 81.9 Å². The summed E-state index contributed by atoms with van der Waals surface area (Å²) in [7, 11) is 2.54. The fourth-order valence-electron chi connectivity index (χ4n) is 3.85. The quantitative estimate of drug-likeness (QED) is 0.529. The zero-order valence-corrected chi connectivity index (χ0v) is 19.1. The molecule has 2 aromatic carbocycles. The number of esters is 2. The molecule has 7 nitrogen and oxygen atoms in total. The maximum absolute atomic E-state index is 12.8. The zero-order valence-electron chi connectivity index (χ0n) is 19.1.